The molecule has 1 amide bonds. The fourth-order valence-electron chi connectivity index (χ4n) is 2.66. The first-order valence-corrected chi connectivity index (χ1v) is 7.19. The van der Waals surface area contributed by atoms with E-state index in [9.17, 15) is 4.79 Å². The van der Waals surface area contributed by atoms with Crippen LogP contribution in [0.15, 0.2) is 18.2 Å². The summed E-state index contributed by atoms with van der Waals surface area (Å²) in [6.45, 7) is -2.76. The van der Waals surface area contributed by atoms with Gasteiger partial charge in [-0.15, -0.1) is 12.4 Å². The number of hydrogen-bond acceptors (Lipinski definition) is 2. The molecule has 1 atom stereocenters. The fraction of sp³-hybridized carbons (Fsp3) is 0.611. The number of para-hydroxylation sites is 1. The summed E-state index contributed by atoms with van der Waals surface area (Å²) in [5.41, 5.74) is 2.24. The van der Waals surface area contributed by atoms with E-state index in [2.05, 4.69) is 5.32 Å². The average Bonchev–Trinajstić information content (AvgIpc) is 2.63. The van der Waals surface area contributed by atoms with Crippen LogP contribution in [0, 0.1) is 13.8 Å². The van der Waals surface area contributed by atoms with Crippen molar-refractivity contribution in [2.45, 2.75) is 58.7 Å². The van der Waals surface area contributed by atoms with E-state index in [-0.39, 0.29) is 25.4 Å². The van der Waals surface area contributed by atoms with Crippen LogP contribution in [-0.2, 0) is 4.79 Å². The molecule has 1 aliphatic heterocycles. The Labute approximate surface area is 153 Å². The average molecular weight is 334 g/mol. The van der Waals surface area contributed by atoms with Crippen LogP contribution in [0.4, 0.5) is 5.69 Å². The SMILES string of the molecule is Cl.[2H]C([2H])([2H])C([2H])([2H])C([2H])([2H])C([2H])([2H])N1CCCC[C@H]1C(=O)Nc1c(C)cccc1C. The van der Waals surface area contributed by atoms with Gasteiger partial charge in [0.1, 0.15) is 0 Å². The number of nitrogens with zero attached hydrogens (tertiary/aromatic N) is 1. The molecule has 0 saturated carbocycles. The lowest BCUT2D eigenvalue weighted by atomic mass is 10.00. The van der Waals surface area contributed by atoms with Crippen LogP contribution in [0.25, 0.3) is 0 Å². The second-order valence-corrected chi connectivity index (χ2v) is 5.32. The van der Waals surface area contributed by atoms with Crippen molar-refractivity contribution in [2.24, 2.45) is 0 Å². The molecule has 22 heavy (non-hydrogen) atoms. The summed E-state index contributed by atoms with van der Waals surface area (Å²) < 4.78 is 70.8. The standard InChI is InChI=1S/C18H28N2O.ClH/c1-4-5-12-20-13-7-6-11-16(20)18(21)19-17-14(2)9-8-10-15(17)3;/h8-10,16H,4-7,11-13H2,1-3H3,(H,19,21);1H/t16-;/m0./s1/i1D3,4D2,5D2,12D2;. The number of halogens is 1. The van der Waals surface area contributed by atoms with Crippen molar-refractivity contribution in [1.29, 1.82) is 0 Å². The third-order valence-corrected chi connectivity index (χ3v) is 3.80. The Morgan fingerprint density at radius 1 is 1.41 bits per heavy atom. The summed E-state index contributed by atoms with van der Waals surface area (Å²) in [4.78, 5) is 14.0. The van der Waals surface area contributed by atoms with Crippen molar-refractivity contribution in [3.8, 4) is 0 Å². The third kappa shape index (κ3) is 4.72. The van der Waals surface area contributed by atoms with Crippen molar-refractivity contribution in [3.63, 3.8) is 0 Å². The van der Waals surface area contributed by atoms with Crippen LogP contribution in [0.2, 0.25) is 0 Å². The van der Waals surface area contributed by atoms with E-state index in [0.717, 1.165) is 16.0 Å². The van der Waals surface area contributed by atoms with E-state index in [0.29, 0.717) is 18.5 Å². The number of piperidine rings is 1. The van der Waals surface area contributed by atoms with Crippen molar-refractivity contribution in [3.05, 3.63) is 29.3 Å². The Balaban J connectivity index is 0.00000480. The second-order valence-electron chi connectivity index (χ2n) is 5.32. The molecule has 1 aliphatic rings. The van der Waals surface area contributed by atoms with E-state index in [1.807, 2.05) is 32.0 Å². The van der Waals surface area contributed by atoms with Gasteiger partial charge in [0.25, 0.3) is 0 Å². The van der Waals surface area contributed by atoms with Gasteiger partial charge in [0.15, 0.2) is 0 Å². The van der Waals surface area contributed by atoms with Crippen LogP contribution in [0.5, 0.6) is 0 Å². The van der Waals surface area contributed by atoms with Gasteiger partial charge in [0.05, 0.1) is 6.04 Å². The molecular weight excluding hydrogens is 296 g/mol. The van der Waals surface area contributed by atoms with Gasteiger partial charge in [-0.1, -0.05) is 37.8 Å². The van der Waals surface area contributed by atoms with Crippen LogP contribution in [0.3, 0.4) is 0 Å². The molecule has 4 heteroatoms. The second kappa shape index (κ2) is 9.16. The number of hydrogen-bond donors (Lipinski definition) is 1. The van der Waals surface area contributed by atoms with Crippen LogP contribution in [0.1, 0.15) is 62.3 Å². The maximum atomic E-state index is 13.1. The first-order valence-electron chi connectivity index (χ1n) is 11.7. The van der Waals surface area contributed by atoms with Crippen LogP contribution >= 0.6 is 12.4 Å². The molecule has 2 rings (SSSR count). The highest BCUT2D eigenvalue weighted by Gasteiger charge is 2.28. The number of amides is 1. The van der Waals surface area contributed by atoms with E-state index in [1.165, 1.54) is 0 Å². The lowest BCUT2D eigenvalue weighted by molar-refractivity contribution is -0.122. The number of likely N-dealkylation sites (tertiary alicyclic amines) is 1. The Bertz CT molecular complexity index is 778. The highest BCUT2D eigenvalue weighted by atomic mass is 35.5. The summed E-state index contributed by atoms with van der Waals surface area (Å²) in [6.07, 6.45) is -5.51. The van der Waals surface area contributed by atoms with Crippen LogP contribution in [-0.4, -0.2) is 29.9 Å². The number of anilines is 1. The summed E-state index contributed by atoms with van der Waals surface area (Å²) in [5, 5.41) is 2.80. The Morgan fingerprint density at radius 2 is 2.14 bits per heavy atom. The van der Waals surface area contributed by atoms with E-state index < -0.39 is 38.0 Å². The smallest absolute Gasteiger partial charge is 0.241 e. The van der Waals surface area contributed by atoms with E-state index in [1.54, 1.807) is 0 Å². The molecular formula is C18H29ClN2O. The van der Waals surface area contributed by atoms with Gasteiger partial charge in [-0.25, -0.2) is 0 Å². The highest BCUT2D eigenvalue weighted by Crippen LogP contribution is 2.23. The van der Waals surface area contributed by atoms with Gasteiger partial charge in [-0.05, 0) is 57.2 Å². The minimum absolute atomic E-state index is 0. The quantitative estimate of drug-likeness (QED) is 0.870. The summed E-state index contributed by atoms with van der Waals surface area (Å²) in [6, 6.07) is 4.43. The monoisotopic (exact) mass is 333 g/mol. The molecule has 1 heterocycles. The molecule has 3 nitrogen and oxygen atoms in total. The molecule has 1 aromatic carbocycles. The van der Waals surface area contributed by atoms with Gasteiger partial charge in [0.2, 0.25) is 5.91 Å². The summed E-state index contributed by atoms with van der Waals surface area (Å²) >= 11 is 0. The number of carbonyl (C=O) groups is 1. The van der Waals surface area contributed by atoms with Gasteiger partial charge in [-0.2, -0.15) is 0 Å². The number of rotatable bonds is 5. The third-order valence-electron chi connectivity index (χ3n) is 3.80. The summed E-state index contributed by atoms with van der Waals surface area (Å²) in [7, 11) is 0. The number of benzene rings is 1. The minimum atomic E-state index is -3.46. The molecule has 1 fully saturated rings. The fourth-order valence-corrected chi connectivity index (χ4v) is 2.66. The van der Waals surface area contributed by atoms with Crippen molar-refractivity contribution < 1.29 is 17.1 Å². The van der Waals surface area contributed by atoms with Crippen LogP contribution < -0.4 is 5.32 Å². The van der Waals surface area contributed by atoms with Gasteiger partial charge in [-0.3, -0.25) is 9.69 Å². The maximum Gasteiger partial charge on any atom is 0.241 e. The molecule has 0 unspecified atom stereocenters. The molecule has 0 aliphatic carbocycles. The molecule has 0 spiro atoms. The number of aryl methyl sites for hydroxylation is 2. The lowest BCUT2D eigenvalue weighted by Crippen LogP contribution is -2.47. The normalized spacial score (nSPS) is 27.2. The zero-order valence-electron chi connectivity index (χ0n) is 21.9. The van der Waals surface area contributed by atoms with Crippen molar-refractivity contribution in [1.82, 2.24) is 4.90 Å². The zero-order valence-corrected chi connectivity index (χ0v) is 13.7. The molecule has 1 aromatic rings. The molecule has 1 N–H and O–H groups in total. The first kappa shape index (κ1) is 9.29. The topological polar surface area (TPSA) is 32.3 Å². The summed E-state index contributed by atoms with van der Waals surface area (Å²) in [5.74, 6) is -0.527. The minimum Gasteiger partial charge on any atom is -0.324 e. The zero-order chi connectivity index (χ0) is 23.1. The molecule has 124 valence electrons. The largest absolute Gasteiger partial charge is 0.324 e. The first-order chi connectivity index (χ1) is 13.6. The number of nitrogens with one attached hydrogen (secondary N) is 1. The maximum absolute atomic E-state index is 13.1. The van der Waals surface area contributed by atoms with Gasteiger partial charge < -0.3 is 5.32 Å². The van der Waals surface area contributed by atoms with Gasteiger partial charge >= 0.3 is 0 Å². The predicted molar refractivity (Wildman–Crippen MR) is 95.9 cm³/mol. The van der Waals surface area contributed by atoms with Crippen molar-refractivity contribution >= 4 is 24.0 Å². The molecule has 1 saturated heterocycles. The Kier molecular flexibility index (Phi) is 3.87. The molecule has 0 bridgehead atoms. The highest BCUT2D eigenvalue weighted by molar-refractivity contribution is 5.96. The van der Waals surface area contributed by atoms with E-state index in [4.69, 9.17) is 12.3 Å². The molecule has 0 radical (unpaired) electrons. The number of carbonyl (C=O) groups excluding carboxylic acids is 1. The Morgan fingerprint density at radius 3 is 2.82 bits per heavy atom. The predicted octanol–water partition coefficient (Wildman–Crippen LogP) is 4.32. The van der Waals surface area contributed by atoms with Crippen molar-refractivity contribution in [2.75, 3.05) is 18.4 Å². The molecule has 0 aromatic heterocycles. The van der Waals surface area contributed by atoms with E-state index >= 15 is 0 Å². The van der Waals surface area contributed by atoms with Gasteiger partial charge in [0, 0.05) is 18.0 Å². The Hall–Kier alpha value is -1.06. The lowest BCUT2D eigenvalue weighted by Gasteiger charge is -2.34.